The van der Waals surface area contributed by atoms with Crippen LogP contribution in [0.5, 0.6) is 11.5 Å². The van der Waals surface area contributed by atoms with E-state index in [1.807, 2.05) is 0 Å². The van der Waals surface area contributed by atoms with Crippen molar-refractivity contribution in [2.75, 3.05) is 19.1 Å². The normalized spacial score (nSPS) is 15.5. The smallest absolute Gasteiger partial charge is 0.269 e. The molecular weight excluding hydrogens is 421 g/mol. The quantitative estimate of drug-likeness (QED) is 0.541. The Bertz CT molecular complexity index is 1050. The molecule has 3 rings (SSSR count). The van der Waals surface area contributed by atoms with Crippen molar-refractivity contribution in [1.82, 2.24) is 10.4 Å². The van der Waals surface area contributed by atoms with Gasteiger partial charge in [0.2, 0.25) is 11.8 Å². The molecule has 1 saturated heterocycles. The summed E-state index contributed by atoms with van der Waals surface area (Å²) in [6.07, 6.45) is -0.373. The summed E-state index contributed by atoms with van der Waals surface area (Å²) in [6, 6.07) is 8.17. The van der Waals surface area contributed by atoms with Crippen molar-refractivity contribution >= 4 is 29.3 Å². The molecule has 0 saturated carbocycles. The van der Waals surface area contributed by atoms with Crippen LogP contribution in [-0.4, -0.2) is 48.9 Å². The Morgan fingerprint density at radius 3 is 2.34 bits per heavy atom. The van der Waals surface area contributed by atoms with Gasteiger partial charge in [-0.2, -0.15) is 0 Å². The molecule has 10 heteroatoms. The summed E-state index contributed by atoms with van der Waals surface area (Å²) >= 11 is 0. The van der Waals surface area contributed by atoms with E-state index in [1.165, 1.54) is 44.6 Å². The largest absolute Gasteiger partial charge is 0.497 e. The fourth-order valence-corrected chi connectivity index (χ4v) is 3.30. The minimum atomic E-state index is -1.26. The number of halogens is 1. The highest BCUT2D eigenvalue weighted by atomic mass is 19.1. The Morgan fingerprint density at radius 1 is 1.12 bits per heavy atom. The molecule has 4 amide bonds. The molecule has 0 aliphatic carbocycles. The summed E-state index contributed by atoms with van der Waals surface area (Å²) in [4.78, 5) is 51.9. The molecular formula is C22H22FN3O6. The van der Waals surface area contributed by atoms with Gasteiger partial charge in [-0.3, -0.25) is 24.6 Å². The second-order valence-corrected chi connectivity index (χ2v) is 6.93. The van der Waals surface area contributed by atoms with Gasteiger partial charge in [-0.15, -0.1) is 0 Å². The van der Waals surface area contributed by atoms with E-state index in [0.717, 1.165) is 16.0 Å². The zero-order valence-corrected chi connectivity index (χ0v) is 17.8. The standard InChI is InChI=1S/C22H22FN3O6/c1-4-19(27)26(24-21(29)13-6-5-7-14(23)8-13)18-12-20(28)25(22(18)30)15-9-16(31-2)11-17(10-15)32-3/h5-11,18H,4,12H2,1-3H3,(H,24,29). The third-order valence-corrected chi connectivity index (χ3v) is 4.91. The number of rotatable bonds is 6. The lowest BCUT2D eigenvalue weighted by Crippen LogP contribution is -2.54. The average molecular weight is 443 g/mol. The minimum absolute atomic E-state index is 0.0333. The Morgan fingerprint density at radius 2 is 1.78 bits per heavy atom. The first-order valence-corrected chi connectivity index (χ1v) is 9.77. The van der Waals surface area contributed by atoms with Crippen LogP contribution in [0.3, 0.4) is 0 Å². The maximum Gasteiger partial charge on any atom is 0.269 e. The Kier molecular flexibility index (Phi) is 6.72. The van der Waals surface area contributed by atoms with Crippen molar-refractivity contribution in [3.05, 3.63) is 53.8 Å². The van der Waals surface area contributed by atoms with Crippen molar-refractivity contribution in [3.8, 4) is 11.5 Å². The third kappa shape index (κ3) is 4.53. The number of imide groups is 1. The summed E-state index contributed by atoms with van der Waals surface area (Å²) in [5.41, 5.74) is 2.52. The molecule has 2 aromatic carbocycles. The number of anilines is 1. The number of methoxy groups -OCH3 is 2. The van der Waals surface area contributed by atoms with Gasteiger partial charge in [-0.05, 0) is 18.2 Å². The predicted octanol–water partition coefficient (Wildman–Crippen LogP) is 2.06. The number of ether oxygens (including phenoxy) is 2. The van der Waals surface area contributed by atoms with Crippen molar-refractivity contribution in [2.24, 2.45) is 0 Å². The molecule has 1 atom stereocenters. The monoisotopic (exact) mass is 443 g/mol. The van der Waals surface area contributed by atoms with Crippen LogP contribution in [0.2, 0.25) is 0 Å². The summed E-state index contributed by atoms with van der Waals surface area (Å²) in [6.45, 7) is 1.55. The van der Waals surface area contributed by atoms with Crippen LogP contribution in [0.1, 0.15) is 30.1 Å². The lowest BCUT2D eigenvalue weighted by Gasteiger charge is -2.27. The van der Waals surface area contributed by atoms with Gasteiger partial charge >= 0.3 is 0 Å². The topological polar surface area (TPSA) is 105 Å². The van der Waals surface area contributed by atoms with Crippen LogP contribution in [0.15, 0.2) is 42.5 Å². The van der Waals surface area contributed by atoms with E-state index in [0.29, 0.717) is 11.5 Å². The number of nitrogens with one attached hydrogen (secondary N) is 1. The fourth-order valence-electron chi connectivity index (χ4n) is 3.30. The van der Waals surface area contributed by atoms with Crippen LogP contribution in [0.4, 0.5) is 10.1 Å². The van der Waals surface area contributed by atoms with E-state index in [4.69, 9.17) is 9.47 Å². The molecule has 1 aliphatic rings. The van der Waals surface area contributed by atoms with Gasteiger partial charge in [0.15, 0.2) is 0 Å². The van der Waals surface area contributed by atoms with E-state index in [1.54, 1.807) is 13.0 Å². The maximum atomic E-state index is 13.5. The van der Waals surface area contributed by atoms with Crippen LogP contribution in [0, 0.1) is 5.82 Å². The number of hydrazine groups is 1. The number of hydrogen-bond acceptors (Lipinski definition) is 6. The molecule has 1 N–H and O–H groups in total. The molecule has 168 valence electrons. The Labute approximate surface area is 183 Å². The molecule has 1 fully saturated rings. The number of carbonyl (C=O) groups excluding carboxylic acids is 4. The van der Waals surface area contributed by atoms with Crippen LogP contribution in [0.25, 0.3) is 0 Å². The Hall–Kier alpha value is -3.95. The molecule has 0 spiro atoms. The maximum absolute atomic E-state index is 13.5. The van der Waals surface area contributed by atoms with E-state index in [-0.39, 0.29) is 24.1 Å². The zero-order chi connectivity index (χ0) is 23.4. The zero-order valence-electron chi connectivity index (χ0n) is 17.8. The first-order chi connectivity index (χ1) is 15.3. The third-order valence-electron chi connectivity index (χ3n) is 4.91. The highest BCUT2D eigenvalue weighted by molar-refractivity contribution is 6.23. The first kappa shape index (κ1) is 22.7. The van der Waals surface area contributed by atoms with Crippen LogP contribution < -0.4 is 19.8 Å². The highest BCUT2D eigenvalue weighted by Gasteiger charge is 2.45. The van der Waals surface area contributed by atoms with Crippen molar-refractivity contribution in [3.63, 3.8) is 0 Å². The molecule has 0 radical (unpaired) electrons. The Balaban J connectivity index is 1.91. The van der Waals surface area contributed by atoms with Gasteiger partial charge < -0.3 is 9.47 Å². The lowest BCUT2D eigenvalue weighted by atomic mass is 10.2. The molecule has 9 nitrogen and oxygen atoms in total. The van der Waals surface area contributed by atoms with E-state index >= 15 is 0 Å². The van der Waals surface area contributed by atoms with Crippen LogP contribution in [-0.2, 0) is 14.4 Å². The van der Waals surface area contributed by atoms with Gasteiger partial charge in [0.1, 0.15) is 23.4 Å². The van der Waals surface area contributed by atoms with Gasteiger partial charge in [0.05, 0.1) is 26.3 Å². The number of carbonyl (C=O) groups is 4. The van der Waals surface area contributed by atoms with Crippen molar-refractivity contribution in [2.45, 2.75) is 25.8 Å². The number of amides is 4. The second kappa shape index (κ2) is 9.46. The van der Waals surface area contributed by atoms with Gasteiger partial charge in [0, 0.05) is 30.2 Å². The first-order valence-electron chi connectivity index (χ1n) is 9.77. The summed E-state index contributed by atoms with van der Waals surface area (Å²) in [5.74, 6) is -2.53. The molecule has 1 unspecified atom stereocenters. The lowest BCUT2D eigenvalue weighted by molar-refractivity contribution is -0.140. The highest BCUT2D eigenvalue weighted by Crippen LogP contribution is 2.32. The average Bonchev–Trinajstić information content (AvgIpc) is 3.09. The number of hydrogen-bond donors (Lipinski definition) is 1. The summed E-state index contributed by atoms with van der Waals surface area (Å²) in [7, 11) is 2.86. The molecule has 0 aromatic heterocycles. The van der Waals surface area contributed by atoms with Crippen molar-refractivity contribution < 1.29 is 33.0 Å². The van der Waals surface area contributed by atoms with E-state index in [2.05, 4.69) is 5.43 Å². The van der Waals surface area contributed by atoms with Gasteiger partial charge in [0.25, 0.3) is 11.8 Å². The number of nitrogens with zero attached hydrogens (tertiary/aromatic N) is 2. The van der Waals surface area contributed by atoms with Crippen molar-refractivity contribution in [1.29, 1.82) is 0 Å². The SMILES string of the molecule is CCC(=O)N(NC(=O)c1cccc(F)c1)C1CC(=O)N(c2cc(OC)cc(OC)c2)C1=O. The van der Waals surface area contributed by atoms with E-state index < -0.39 is 35.5 Å². The molecule has 2 aromatic rings. The molecule has 1 aliphatic heterocycles. The van der Waals surface area contributed by atoms with Gasteiger partial charge in [-0.1, -0.05) is 13.0 Å². The molecule has 0 bridgehead atoms. The minimum Gasteiger partial charge on any atom is -0.497 e. The summed E-state index contributed by atoms with van der Waals surface area (Å²) in [5, 5.41) is 0.838. The molecule has 32 heavy (non-hydrogen) atoms. The fraction of sp³-hybridized carbons (Fsp3) is 0.273. The second-order valence-electron chi connectivity index (χ2n) is 6.93. The van der Waals surface area contributed by atoms with Gasteiger partial charge in [-0.25, -0.2) is 14.3 Å². The number of benzene rings is 2. The molecule has 1 heterocycles. The van der Waals surface area contributed by atoms with Crippen LogP contribution >= 0.6 is 0 Å². The van der Waals surface area contributed by atoms with E-state index in [9.17, 15) is 23.6 Å². The summed E-state index contributed by atoms with van der Waals surface area (Å²) < 4.78 is 23.9. The predicted molar refractivity (Wildman–Crippen MR) is 111 cm³/mol.